The molecule has 0 aliphatic rings. The number of benzene rings is 3. The number of rotatable bonds is 9. The lowest BCUT2D eigenvalue weighted by molar-refractivity contribution is -0.113. The number of carbonyl (C=O) groups excluding carboxylic acids is 2. The van der Waals surface area contributed by atoms with E-state index in [1.54, 1.807) is 48.1 Å². The van der Waals surface area contributed by atoms with Gasteiger partial charge in [-0.05, 0) is 67.4 Å². The molecular weight excluding hydrogens is 462 g/mol. The first kappa shape index (κ1) is 24.2. The van der Waals surface area contributed by atoms with Crippen molar-refractivity contribution in [1.82, 2.24) is 9.55 Å². The van der Waals surface area contributed by atoms with Gasteiger partial charge in [-0.1, -0.05) is 36.0 Å². The first-order valence-corrected chi connectivity index (χ1v) is 12.1. The summed E-state index contributed by atoms with van der Waals surface area (Å²) in [5, 5.41) is 3.85. The summed E-state index contributed by atoms with van der Waals surface area (Å²) in [6.45, 7) is 1.93. The monoisotopic (exact) mass is 487 g/mol. The maximum atomic E-state index is 13.3. The van der Waals surface area contributed by atoms with Gasteiger partial charge in [-0.15, -0.1) is 0 Å². The lowest BCUT2D eigenvalue weighted by atomic mass is 10.1. The highest BCUT2D eigenvalue weighted by Crippen LogP contribution is 2.20. The minimum Gasteiger partial charge on any atom is -0.497 e. The largest absolute Gasteiger partial charge is 0.497 e. The molecule has 7 nitrogen and oxygen atoms in total. The Bertz CT molecular complexity index is 1410. The number of Topliss-reactive ketones (excluding diaryl/α,β-unsaturated/α-hetero) is 1. The lowest BCUT2D eigenvalue weighted by Crippen LogP contribution is -2.25. The fourth-order valence-electron chi connectivity index (χ4n) is 3.60. The quantitative estimate of drug-likeness (QED) is 0.211. The molecule has 0 aliphatic carbocycles. The molecule has 1 aromatic heterocycles. The third-order valence-electron chi connectivity index (χ3n) is 5.52. The van der Waals surface area contributed by atoms with Gasteiger partial charge in [0.25, 0.3) is 5.56 Å². The first-order chi connectivity index (χ1) is 16.9. The number of ketones is 1. The molecule has 0 atom stereocenters. The van der Waals surface area contributed by atoms with Crippen molar-refractivity contribution in [3.63, 3.8) is 0 Å². The highest BCUT2D eigenvalue weighted by molar-refractivity contribution is 7.99. The minimum absolute atomic E-state index is 0.0339. The molecule has 1 N–H and O–H groups in total. The van der Waals surface area contributed by atoms with E-state index in [2.05, 4.69) is 10.3 Å². The van der Waals surface area contributed by atoms with E-state index >= 15 is 0 Å². The zero-order chi connectivity index (χ0) is 24.8. The number of nitrogens with zero attached hydrogens (tertiary/aromatic N) is 2. The molecule has 0 saturated heterocycles. The first-order valence-electron chi connectivity index (χ1n) is 11.1. The van der Waals surface area contributed by atoms with Crippen LogP contribution < -0.4 is 15.6 Å². The van der Waals surface area contributed by atoms with Gasteiger partial charge in [0.05, 0.1) is 23.8 Å². The molecule has 0 spiro atoms. The molecule has 0 fully saturated rings. The molecular formula is C27H25N3O4S. The van der Waals surface area contributed by atoms with E-state index in [1.165, 1.54) is 18.7 Å². The summed E-state index contributed by atoms with van der Waals surface area (Å²) in [6.07, 6.45) is 0.631. The summed E-state index contributed by atoms with van der Waals surface area (Å²) in [7, 11) is 1.62. The van der Waals surface area contributed by atoms with Gasteiger partial charge in [0.2, 0.25) is 5.91 Å². The lowest BCUT2D eigenvalue weighted by Gasteiger charge is -2.13. The molecule has 4 rings (SSSR count). The number of carbonyl (C=O) groups is 2. The van der Waals surface area contributed by atoms with E-state index in [9.17, 15) is 14.4 Å². The van der Waals surface area contributed by atoms with Gasteiger partial charge in [-0.2, -0.15) is 0 Å². The molecule has 0 aliphatic heterocycles. The predicted molar refractivity (Wildman–Crippen MR) is 139 cm³/mol. The SMILES string of the molecule is COc1ccc(CCn2c(SCC(=O)Nc3ccc(C(C)=O)cc3)nc3ccccc3c2=O)cc1. The average molecular weight is 488 g/mol. The Morgan fingerprint density at radius 1 is 1.00 bits per heavy atom. The minimum atomic E-state index is -0.227. The topological polar surface area (TPSA) is 90.3 Å². The van der Waals surface area contributed by atoms with Crippen LogP contribution in [0, 0.1) is 0 Å². The Morgan fingerprint density at radius 3 is 2.40 bits per heavy atom. The van der Waals surface area contributed by atoms with Crippen LogP contribution in [0.15, 0.2) is 82.7 Å². The summed E-state index contributed by atoms with van der Waals surface area (Å²) in [4.78, 5) is 41.9. The molecule has 8 heteroatoms. The van der Waals surface area contributed by atoms with Crippen LogP contribution in [-0.4, -0.2) is 34.1 Å². The number of fused-ring (bicyclic) bond motifs is 1. The van der Waals surface area contributed by atoms with Gasteiger partial charge < -0.3 is 10.1 Å². The normalized spacial score (nSPS) is 10.8. The molecule has 1 amide bonds. The Morgan fingerprint density at radius 2 is 1.71 bits per heavy atom. The second kappa shape index (κ2) is 11.0. The Kier molecular flexibility index (Phi) is 7.62. The number of anilines is 1. The Balaban J connectivity index is 1.51. The molecule has 0 saturated carbocycles. The van der Waals surface area contributed by atoms with Gasteiger partial charge >= 0.3 is 0 Å². The molecule has 0 unspecified atom stereocenters. The average Bonchev–Trinajstić information content (AvgIpc) is 2.87. The van der Waals surface area contributed by atoms with Crippen LogP contribution in [0.2, 0.25) is 0 Å². The number of methoxy groups -OCH3 is 1. The molecule has 4 aromatic rings. The van der Waals surface area contributed by atoms with Crippen molar-refractivity contribution in [2.75, 3.05) is 18.2 Å². The fraction of sp³-hybridized carbons (Fsp3) is 0.185. The van der Waals surface area contributed by atoms with Gasteiger partial charge in [-0.3, -0.25) is 19.0 Å². The predicted octanol–water partition coefficient (Wildman–Crippen LogP) is 4.58. The summed E-state index contributed by atoms with van der Waals surface area (Å²) < 4.78 is 6.84. The highest BCUT2D eigenvalue weighted by atomic mass is 32.2. The van der Waals surface area contributed by atoms with Crippen LogP contribution in [0.4, 0.5) is 5.69 Å². The Hall–Kier alpha value is -3.91. The van der Waals surface area contributed by atoms with Crippen LogP contribution in [0.25, 0.3) is 10.9 Å². The maximum absolute atomic E-state index is 13.3. The number of aryl methyl sites for hydroxylation is 1. The number of hydrogen-bond donors (Lipinski definition) is 1. The molecule has 1 heterocycles. The van der Waals surface area contributed by atoms with Crippen molar-refractivity contribution in [1.29, 1.82) is 0 Å². The van der Waals surface area contributed by atoms with Crippen molar-refractivity contribution in [2.24, 2.45) is 0 Å². The maximum Gasteiger partial charge on any atom is 0.262 e. The van der Waals surface area contributed by atoms with Crippen molar-refractivity contribution < 1.29 is 14.3 Å². The second-order valence-electron chi connectivity index (χ2n) is 7.94. The molecule has 0 radical (unpaired) electrons. The van der Waals surface area contributed by atoms with Gasteiger partial charge in [0, 0.05) is 17.8 Å². The number of nitrogens with one attached hydrogen (secondary N) is 1. The van der Waals surface area contributed by atoms with E-state index in [0.29, 0.717) is 40.3 Å². The third-order valence-corrected chi connectivity index (χ3v) is 6.49. The van der Waals surface area contributed by atoms with Gasteiger partial charge in [0.1, 0.15) is 5.75 Å². The molecule has 0 bridgehead atoms. The van der Waals surface area contributed by atoms with E-state index in [4.69, 9.17) is 4.74 Å². The van der Waals surface area contributed by atoms with E-state index < -0.39 is 0 Å². The fourth-order valence-corrected chi connectivity index (χ4v) is 4.43. The van der Waals surface area contributed by atoms with Crippen LogP contribution in [-0.2, 0) is 17.8 Å². The van der Waals surface area contributed by atoms with Crippen molar-refractivity contribution in [3.8, 4) is 5.75 Å². The molecule has 3 aromatic carbocycles. The van der Waals surface area contributed by atoms with E-state index in [-0.39, 0.29) is 23.0 Å². The summed E-state index contributed by atoms with van der Waals surface area (Å²) in [5.41, 5.74) is 2.71. The van der Waals surface area contributed by atoms with Crippen LogP contribution in [0.3, 0.4) is 0 Å². The number of amides is 1. The van der Waals surface area contributed by atoms with Crippen molar-refractivity contribution >= 4 is 40.0 Å². The standard InChI is InChI=1S/C27H25N3O4S/c1-18(31)20-9-11-21(12-10-20)28-25(32)17-35-27-29-24-6-4-3-5-23(24)26(33)30(27)16-15-19-7-13-22(34-2)14-8-19/h3-14H,15-17H2,1-2H3,(H,28,32). The van der Waals surface area contributed by atoms with Crippen LogP contribution in [0.5, 0.6) is 5.75 Å². The zero-order valence-corrected chi connectivity index (χ0v) is 20.3. The number of para-hydroxylation sites is 1. The number of ether oxygens (including phenoxy) is 1. The zero-order valence-electron chi connectivity index (χ0n) is 19.5. The van der Waals surface area contributed by atoms with Crippen LogP contribution >= 0.6 is 11.8 Å². The summed E-state index contributed by atoms with van der Waals surface area (Å²) >= 11 is 1.22. The van der Waals surface area contributed by atoms with E-state index in [1.807, 2.05) is 36.4 Å². The van der Waals surface area contributed by atoms with Crippen molar-refractivity contribution in [3.05, 3.63) is 94.3 Å². The summed E-state index contributed by atoms with van der Waals surface area (Å²) in [6, 6.07) is 21.7. The van der Waals surface area contributed by atoms with Gasteiger partial charge in [0.15, 0.2) is 10.9 Å². The van der Waals surface area contributed by atoms with Crippen molar-refractivity contribution in [2.45, 2.75) is 25.0 Å². The number of aromatic nitrogens is 2. The Labute approximate surface area is 207 Å². The highest BCUT2D eigenvalue weighted by Gasteiger charge is 2.14. The molecule has 178 valence electrons. The number of thioether (sulfide) groups is 1. The summed E-state index contributed by atoms with van der Waals surface area (Å²) in [5.74, 6) is 0.599. The van der Waals surface area contributed by atoms with Crippen LogP contribution in [0.1, 0.15) is 22.8 Å². The van der Waals surface area contributed by atoms with E-state index in [0.717, 1.165) is 11.3 Å². The molecule has 35 heavy (non-hydrogen) atoms. The smallest absolute Gasteiger partial charge is 0.262 e. The van der Waals surface area contributed by atoms with Gasteiger partial charge in [-0.25, -0.2) is 4.98 Å². The second-order valence-corrected chi connectivity index (χ2v) is 8.88. The third kappa shape index (κ3) is 5.96. The number of hydrogen-bond acceptors (Lipinski definition) is 6.